The van der Waals surface area contributed by atoms with Gasteiger partial charge in [-0.05, 0) is 31.9 Å². The molecule has 1 N–H and O–H groups in total. The van der Waals surface area contributed by atoms with E-state index in [1.807, 2.05) is 41.0 Å². The van der Waals surface area contributed by atoms with Crippen molar-refractivity contribution in [1.29, 1.82) is 0 Å². The summed E-state index contributed by atoms with van der Waals surface area (Å²) in [6.45, 7) is 7.26. The van der Waals surface area contributed by atoms with Gasteiger partial charge in [0.2, 0.25) is 11.9 Å². The average Bonchev–Trinajstić information content (AvgIpc) is 3.27. The summed E-state index contributed by atoms with van der Waals surface area (Å²) >= 11 is 0. The predicted molar refractivity (Wildman–Crippen MR) is 131 cm³/mol. The molecule has 0 unspecified atom stereocenters. The number of carbonyl (C=O) groups is 2. The van der Waals surface area contributed by atoms with Crippen molar-refractivity contribution in [3.63, 3.8) is 0 Å². The van der Waals surface area contributed by atoms with E-state index in [-0.39, 0.29) is 24.0 Å². The van der Waals surface area contributed by atoms with Crippen molar-refractivity contribution < 1.29 is 14.3 Å². The number of carbonyl (C=O) groups excluding carboxylic acids is 2. The maximum atomic E-state index is 13.7. The molecule has 0 saturated carbocycles. The molecule has 2 amide bonds. The van der Waals surface area contributed by atoms with Crippen molar-refractivity contribution >= 4 is 29.3 Å². The molecule has 1 aromatic carbocycles. The molecule has 1 atom stereocenters. The fourth-order valence-corrected chi connectivity index (χ4v) is 5.16. The number of amides is 2. The Labute approximate surface area is 200 Å². The molecule has 4 heterocycles. The van der Waals surface area contributed by atoms with E-state index in [4.69, 9.17) is 9.72 Å². The number of hydrogen-bond donors (Lipinski definition) is 1. The molecule has 2 aromatic rings. The number of aromatic nitrogens is 2. The largest absolute Gasteiger partial charge is 0.490 e. The van der Waals surface area contributed by atoms with Crippen LogP contribution in [0.5, 0.6) is 5.75 Å². The Balaban J connectivity index is 1.38. The summed E-state index contributed by atoms with van der Waals surface area (Å²) in [5, 5.41) is 3.16. The zero-order valence-electron chi connectivity index (χ0n) is 19.9. The smallest absolute Gasteiger partial charge is 0.263 e. The van der Waals surface area contributed by atoms with Crippen molar-refractivity contribution in [3.05, 3.63) is 36.0 Å². The summed E-state index contributed by atoms with van der Waals surface area (Å²) < 4.78 is 6.26. The molecule has 180 valence electrons. The Morgan fingerprint density at radius 1 is 1.21 bits per heavy atom. The lowest BCUT2D eigenvalue weighted by molar-refractivity contribution is -0.130. The second kappa shape index (κ2) is 9.48. The molecule has 1 aromatic heterocycles. The molecule has 3 aliphatic heterocycles. The average molecular weight is 465 g/mol. The number of rotatable bonds is 5. The number of ether oxygens (including phenoxy) is 1. The van der Waals surface area contributed by atoms with Gasteiger partial charge in [0.15, 0.2) is 0 Å². The van der Waals surface area contributed by atoms with Crippen molar-refractivity contribution in [2.24, 2.45) is 0 Å². The highest BCUT2D eigenvalue weighted by Gasteiger charge is 2.37. The number of anilines is 3. The molecule has 9 heteroatoms. The minimum atomic E-state index is -0.0839. The third-order valence-electron chi connectivity index (χ3n) is 6.94. The van der Waals surface area contributed by atoms with Gasteiger partial charge in [0.05, 0.1) is 0 Å². The summed E-state index contributed by atoms with van der Waals surface area (Å²) in [4.78, 5) is 40.3. The van der Waals surface area contributed by atoms with E-state index < -0.39 is 0 Å². The van der Waals surface area contributed by atoms with Gasteiger partial charge in [-0.1, -0.05) is 6.07 Å². The quantitative estimate of drug-likeness (QED) is 0.728. The van der Waals surface area contributed by atoms with Crippen LogP contribution in [0.4, 0.5) is 17.5 Å². The predicted octanol–water partition coefficient (Wildman–Crippen LogP) is 2.93. The fraction of sp³-hybridized carbons (Fsp3) is 0.520. The maximum absolute atomic E-state index is 13.7. The van der Waals surface area contributed by atoms with Crippen LogP contribution in [-0.4, -0.2) is 71.6 Å². The first-order valence-corrected chi connectivity index (χ1v) is 12.2. The first-order chi connectivity index (χ1) is 16.5. The van der Waals surface area contributed by atoms with Crippen LogP contribution < -0.4 is 19.9 Å². The maximum Gasteiger partial charge on any atom is 0.263 e. The second-order valence-electron chi connectivity index (χ2n) is 9.19. The number of likely N-dealkylation sites (tertiary alicyclic amines) is 1. The molecule has 34 heavy (non-hydrogen) atoms. The molecule has 3 aliphatic rings. The molecule has 0 bridgehead atoms. The molecule has 5 rings (SSSR count). The Morgan fingerprint density at radius 2 is 2.03 bits per heavy atom. The van der Waals surface area contributed by atoms with E-state index in [0.29, 0.717) is 31.1 Å². The Kier molecular flexibility index (Phi) is 6.26. The van der Waals surface area contributed by atoms with Crippen molar-refractivity contribution in [2.75, 3.05) is 47.8 Å². The van der Waals surface area contributed by atoms with E-state index in [9.17, 15) is 9.59 Å². The minimum absolute atomic E-state index is 0.0645. The third-order valence-corrected chi connectivity index (χ3v) is 6.94. The number of piperidine rings is 1. The van der Waals surface area contributed by atoms with E-state index in [0.717, 1.165) is 56.0 Å². The molecule has 0 aliphatic carbocycles. The van der Waals surface area contributed by atoms with Gasteiger partial charge in [-0.15, -0.1) is 0 Å². The zero-order chi connectivity index (χ0) is 23.7. The van der Waals surface area contributed by atoms with Gasteiger partial charge in [-0.25, -0.2) is 4.98 Å². The number of nitrogens with one attached hydrogen (secondary N) is 1. The van der Waals surface area contributed by atoms with Gasteiger partial charge < -0.3 is 24.8 Å². The van der Waals surface area contributed by atoms with Crippen molar-refractivity contribution in [3.8, 4) is 5.75 Å². The number of benzene rings is 1. The van der Waals surface area contributed by atoms with Gasteiger partial charge in [0, 0.05) is 76.5 Å². The van der Waals surface area contributed by atoms with E-state index in [1.165, 1.54) is 0 Å². The zero-order valence-corrected chi connectivity index (χ0v) is 19.9. The topological polar surface area (TPSA) is 90.9 Å². The Hall–Kier alpha value is -3.36. The van der Waals surface area contributed by atoms with Crippen LogP contribution in [0.25, 0.3) is 0 Å². The fourth-order valence-electron chi connectivity index (χ4n) is 5.16. The highest BCUT2D eigenvalue weighted by Crippen LogP contribution is 2.35. The van der Waals surface area contributed by atoms with Crippen molar-refractivity contribution in [1.82, 2.24) is 14.9 Å². The molecular formula is C25H32N6O3. The summed E-state index contributed by atoms with van der Waals surface area (Å²) in [6.07, 6.45) is 5.43. The highest BCUT2D eigenvalue weighted by molar-refractivity contribution is 6.10. The summed E-state index contributed by atoms with van der Waals surface area (Å²) in [6, 6.07) is 8.00. The van der Waals surface area contributed by atoms with Crippen LogP contribution in [0.1, 0.15) is 49.9 Å². The molecular weight excluding hydrogens is 432 g/mol. The SMILES string of the molecule is CCNc1ncc2c(n1)N1CCC[C@H]1CN(c1cccc(OC3CCN(C(C)=O)CC3)c1)C2=O. The van der Waals surface area contributed by atoms with E-state index in [1.54, 1.807) is 13.1 Å². The molecule has 9 nitrogen and oxygen atoms in total. The standard InChI is InChI=1S/C25H32N6O3/c1-3-26-25-27-15-22-23(28-25)30-11-5-7-19(30)16-31(24(22)33)18-6-4-8-21(14-18)34-20-9-12-29(13-10-20)17(2)32/h4,6,8,14-15,19-20H,3,5,7,9-13,16H2,1-2H3,(H,26,27,28)/t19-/m0/s1. The molecule has 0 spiro atoms. The summed E-state index contributed by atoms with van der Waals surface area (Å²) in [5.41, 5.74) is 1.35. The Morgan fingerprint density at radius 3 is 2.79 bits per heavy atom. The van der Waals surface area contributed by atoms with Crippen LogP contribution in [0, 0.1) is 0 Å². The molecule has 2 fully saturated rings. The summed E-state index contributed by atoms with van der Waals surface area (Å²) in [7, 11) is 0. The van der Waals surface area contributed by atoms with E-state index >= 15 is 0 Å². The van der Waals surface area contributed by atoms with Crippen LogP contribution in [0.3, 0.4) is 0 Å². The van der Waals surface area contributed by atoms with Gasteiger partial charge in [-0.2, -0.15) is 4.98 Å². The highest BCUT2D eigenvalue weighted by atomic mass is 16.5. The number of hydrogen-bond acceptors (Lipinski definition) is 7. The Bertz CT molecular complexity index is 1070. The first kappa shape index (κ1) is 22.4. The lowest BCUT2D eigenvalue weighted by atomic mass is 10.1. The van der Waals surface area contributed by atoms with Gasteiger partial charge in [0.1, 0.15) is 23.2 Å². The summed E-state index contributed by atoms with van der Waals surface area (Å²) in [5.74, 6) is 2.06. The lowest BCUT2D eigenvalue weighted by Gasteiger charge is -2.32. The monoisotopic (exact) mass is 464 g/mol. The lowest BCUT2D eigenvalue weighted by Crippen LogP contribution is -2.40. The van der Waals surface area contributed by atoms with Gasteiger partial charge in [0.25, 0.3) is 5.91 Å². The number of nitrogens with zero attached hydrogens (tertiary/aromatic N) is 5. The van der Waals surface area contributed by atoms with Crippen LogP contribution in [-0.2, 0) is 4.79 Å². The van der Waals surface area contributed by atoms with Crippen molar-refractivity contribution in [2.45, 2.75) is 51.7 Å². The second-order valence-corrected chi connectivity index (χ2v) is 9.19. The van der Waals surface area contributed by atoms with Crippen LogP contribution in [0.2, 0.25) is 0 Å². The van der Waals surface area contributed by atoms with Crippen LogP contribution in [0.15, 0.2) is 30.5 Å². The molecule has 0 radical (unpaired) electrons. The minimum Gasteiger partial charge on any atom is -0.490 e. The van der Waals surface area contributed by atoms with Crippen LogP contribution >= 0.6 is 0 Å². The normalized spacial score (nSPS) is 20.6. The third kappa shape index (κ3) is 4.38. The van der Waals surface area contributed by atoms with E-state index in [2.05, 4.69) is 15.2 Å². The first-order valence-electron chi connectivity index (χ1n) is 12.2. The van der Waals surface area contributed by atoms with Gasteiger partial charge >= 0.3 is 0 Å². The van der Waals surface area contributed by atoms with Gasteiger partial charge in [-0.3, -0.25) is 9.59 Å². The molecule has 2 saturated heterocycles. The number of fused-ring (bicyclic) bond motifs is 3.